The molecule has 36 valence electrons. The second-order valence-corrected chi connectivity index (χ2v) is 0. The molecule has 0 aromatic rings. The van der Waals surface area contributed by atoms with Gasteiger partial charge >= 0.3 is 46.1 Å². The van der Waals surface area contributed by atoms with Gasteiger partial charge < -0.3 is 21.9 Å². The van der Waals surface area contributed by atoms with Crippen LogP contribution in [0.25, 0.3) is 0 Å². The number of hydrogen-bond donors (Lipinski definition) is 0. The van der Waals surface area contributed by atoms with Crippen LogP contribution in [0, 0.1) is 0 Å². The third-order valence-electron chi connectivity index (χ3n) is 0. The number of rotatable bonds is 0. The van der Waals surface area contributed by atoms with Gasteiger partial charge in [0.25, 0.3) is 0 Å². The van der Waals surface area contributed by atoms with Crippen LogP contribution in [0.1, 0.15) is 0 Å². The van der Waals surface area contributed by atoms with Gasteiger partial charge in [0.15, 0.2) is 0 Å². The summed E-state index contributed by atoms with van der Waals surface area (Å²) in [5.41, 5.74) is 0. The van der Waals surface area contributed by atoms with Gasteiger partial charge in [-0.05, 0) is 0 Å². The maximum absolute atomic E-state index is 0. The topological polar surface area (TPSA) is 120 Å². The Morgan fingerprint density at radius 2 is 0.429 bits per heavy atom. The van der Waals surface area contributed by atoms with Gasteiger partial charge in [-0.1, -0.05) is 0 Å². The zero-order valence-electron chi connectivity index (χ0n) is 3.70. The van der Waals surface area contributed by atoms with Crippen LogP contribution in [0.5, 0.6) is 0 Å². The van der Waals surface area contributed by atoms with Crippen LogP contribution in [0.3, 0.4) is 0 Å². The van der Waals surface area contributed by atoms with Crippen LogP contribution >= 0.6 is 0 Å². The predicted octanol–water partition coefficient (Wildman–Crippen LogP) is -1.47. The van der Waals surface area contributed by atoms with E-state index in [1.807, 2.05) is 0 Å². The molecule has 0 bridgehead atoms. The Balaban J connectivity index is 0. The molecule has 0 fully saturated rings. The molecule has 0 aliphatic heterocycles. The molecular weight excluding hydrogens is 160 g/mol. The summed E-state index contributed by atoms with van der Waals surface area (Å²) >= 11 is 0. The molecule has 4 N–H and O–H groups in total. The second kappa shape index (κ2) is 93.3. The summed E-state index contributed by atoms with van der Waals surface area (Å²) in [7, 11) is 0. The van der Waals surface area contributed by atoms with Crippen molar-refractivity contribution in [1.82, 2.24) is 0 Å². The van der Waals surface area contributed by atoms with Crippen molar-refractivity contribution in [2.24, 2.45) is 0 Å². The maximum Gasteiger partial charge on any atom is 2.00 e. The van der Waals surface area contributed by atoms with Gasteiger partial charge in [-0.3, -0.25) is 0 Å². The van der Waals surface area contributed by atoms with E-state index in [0.29, 0.717) is 0 Å². The summed E-state index contributed by atoms with van der Waals surface area (Å²) in [6.45, 7) is 0. The smallest absolute Gasteiger partial charge is 0.870 e. The van der Waals surface area contributed by atoms with E-state index in [1.165, 1.54) is 0 Å². The molecule has 0 rings (SSSR count). The Kier molecular flexibility index (Phi) is 1820. The number of hydrogen-bond acceptors (Lipinski definition) is 4. The minimum Gasteiger partial charge on any atom is -0.870 e. The summed E-state index contributed by atoms with van der Waals surface area (Å²) in [5, 5.41) is 0. The standard InChI is InChI=1S/2Mg.4H2O.Ti/h;;4*1H2;/q2*+2;;;;;/p-4. The summed E-state index contributed by atoms with van der Waals surface area (Å²) < 4.78 is 0. The molecule has 0 saturated carbocycles. The van der Waals surface area contributed by atoms with E-state index in [4.69, 9.17) is 0 Å². The van der Waals surface area contributed by atoms with Crippen molar-refractivity contribution in [2.75, 3.05) is 0 Å². The molecule has 0 saturated heterocycles. The molecule has 0 unspecified atom stereocenters. The molecule has 0 aliphatic rings. The molecule has 0 aromatic carbocycles. The van der Waals surface area contributed by atoms with Gasteiger partial charge in [0.1, 0.15) is 0 Å². The molecule has 0 aromatic heterocycles. The van der Waals surface area contributed by atoms with Gasteiger partial charge in [-0.15, -0.1) is 0 Å². The SMILES string of the molecule is [Mg+2].[Mg+2].[OH-].[OH-].[OH-].[OH-].[Ti]. The molecule has 4 nitrogen and oxygen atoms in total. The first-order valence-electron chi connectivity index (χ1n) is 0. The van der Waals surface area contributed by atoms with Crippen LogP contribution in [0.4, 0.5) is 0 Å². The minimum absolute atomic E-state index is 0. The first-order valence-corrected chi connectivity index (χ1v) is 0. The third kappa shape index (κ3) is 68.8. The van der Waals surface area contributed by atoms with Crippen LogP contribution < -0.4 is 0 Å². The van der Waals surface area contributed by atoms with E-state index in [2.05, 4.69) is 0 Å². The normalized spacial score (nSPS) is 0. The summed E-state index contributed by atoms with van der Waals surface area (Å²) in [6, 6.07) is 0. The van der Waals surface area contributed by atoms with Gasteiger partial charge in [-0.2, -0.15) is 0 Å². The third-order valence-corrected chi connectivity index (χ3v) is 0. The van der Waals surface area contributed by atoms with E-state index in [0.717, 1.165) is 0 Å². The fourth-order valence-corrected chi connectivity index (χ4v) is 0. The Bertz CT molecular complexity index is 9.65. The first-order chi connectivity index (χ1) is 0. The molecule has 0 atom stereocenters. The Hall–Kier alpha value is 2.09. The molecular formula is H4Mg2O4Ti. The Morgan fingerprint density at radius 3 is 0.429 bits per heavy atom. The van der Waals surface area contributed by atoms with Crippen molar-refractivity contribution in [3.8, 4) is 0 Å². The molecule has 0 heterocycles. The molecule has 0 aliphatic carbocycles. The molecule has 7 heteroatoms. The Labute approximate surface area is 88.8 Å². The van der Waals surface area contributed by atoms with Crippen molar-refractivity contribution in [1.29, 1.82) is 0 Å². The van der Waals surface area contributed by atoms with Gasteiger partial charge in [0.2, 0.25) is 0 Å². The van der Waals surface area contributed by atoms with Crippen LogP contribution in [0.2, 0.25) is 0 Å². The average molecular weight is 165 g/mol. The van der Waals surface area contributed by atoms with Gasteiger partial charge in [0.05, 0.1) is 0 Å². The zero-order chi connectivity index (χ0) is 0. The summed E-state index contributed by atoms with van der Waals surface area (Å²) in [4.78, 5) is 0. The molecule has 0 radical (unpaired) electrons. The monoisotopic (exact) mass is 164 g/mol. The summed E-state index contributed by atoms with van der Waals surface area (Å²) in [5.74, 6) is 0. The van der Waals surface area contributed by atoms with Crippen LogP contribution in [0.15, 0.2) is 0 Å². The van der Waals surface area contributed by atoms with Crippen molar-refractivity contribution in [3.05, 3.63) is 0 Å². The van der Waals surface area contributed by atoms with E-state index >= 15 is 0 Å². The Morgan fingerprint density at radius 1 is 0.429 bits per heavy atom. The van der Waals surface area contributed by atoms with Crippen LogP contribution in [-0.2, 0) is 21.7 Å². The van der Waals surface area contributed by atoms with Crippen LogP contribution in [-0.4, -0.2) is 68.0 Å². The largest absolute Gasteiger partial charge is 2.00 e. The maximum atomic E-state index is 0. The molecule has 0 spiro atoms. The fourth-order valence-electron chi connectivity index (χ4n) is 0. The van der Waals surface area contributed by atoms with Crippen molar-refractivity contribution in [3.63, 3.8) is 0 Å². The van der Waals surface area contributed by atoms with E-state index < -0.39 is 0 Å². The van der Waals surface area contributed by atoms with Gasteiger partial charge in [-0.25, -0.2) is 0 Å². The van der Waals surface area contributed by atoms with E-state index in [-0.39, 0.29) is 89.7 Å². The van der Waals surface area contributed by atoms with Crippen molar-refractivity contribution >= 4 is 46.1 Å². The van der Waals surface area contributed by atoms with E-state index in [9.17, 15) is 0 Å². The quantitative estimate of drug-likeness (QED) is 0.406. The average Bonchev–Trinajstić information content (AvgIpc) is 0. The van der Waals surface area contributed by atoms with Crippen molar-refractivity contribution < 1.29 is 43.6 Å². The summed E-state index contributed by atoms with van der Waals surface area (Å²) in [6.07, 6.45) is 0. The fraction of sp³-hybridized carbons (Fsp3) is 0. The van der Waals surface area contributed by atoms with E-state index in [1.54, 1.807) is 0 Å². The minimum atomic E-state index is 0. The van der Waals surface area contributed by atoms with Gasteiger partial charge in [0, 0.05) is 21.7 Å². The zero-order valence-corrected chi connectivity index (χ0v) is 8.09. The first kappa shape index (κ1) is 136. The second-order valence-electron chi connectivity index (χ2n) is 0. The molecule has 7 heavy (non-hydrogen) atoms. The molecule has 0 amide bonds. The predicted molar refractivity (Wildman–Crippen MR) is 19.3 cm³/mol. The van der Waals surface area contributed by atoms with Crippen molar-refractivity contribution in [2.45, 2.75) is 0 Å².